The van der Waals surface area contributed by atoms with Crippen molar-refractivity contribution in [2.45, 2.75) is 25.8 Å². The number of carbonyl (C=O) groups is 1. The zero-order chi connectivity index (χ0) is 16.7. The third kappa shape index (κ3) is 2.57. The van der Waals surface area contributed by atoms with Crippen molar-refractivity contribution < 1.29 is 4.79 Å². The highest BCUT2D eigenvalue weighted by Gasteiger charge is 2.37. The van der Waals surface area contributed by atoms with Crippen LogP contribution in [0.1, 0.15) is 19.8 Å². The van der Waals surface area contributed by atoms with Crippen LogP contribution in [-0.4, -0.2) is 47.7 Å². The predicted octanol–water partition coefficient (Wildman–Crippen LogP) is 1.99. The van der Waals surface area contributed by atoms with Crippen molar-refractivity contribution in [3.63, 3.8) is 0 Å². The topological polar surface area (TPSA) is 60.8 Å². The molecule has 0 bridgehead atoms. The SMILES string of the molecule is CN[C@@H]1CCN(C2=CCC3C(=O)C(C)=CN(c4nccs4)C3=N2)C1. The fraction of sp³-hybridized carbons (Fsp3) is 0.471. The van der Waals surface area contributed by atoms with E-state index in [1.165, 1.54) is 0 Å². The maximum Gasteiger partial charge on any atom is 0.194 e. The molecule has 6 nitrogen and oxygen atoms in total. The van der Waals surface area contributed by atoms with Crippen LogP contribution in [0.4, 0.5) is 5.13 Å². The lowest BCUT2D eigenvalue weighted by Crippen LogP contribution is -2.43. The number of nitrogens with zero attached hydrogens (tertiary/aromatic N) is 4. The molecule has 2 atom stereocenters. The molecule has 1 unspecified atom stereocenters. The van der Waals surface area contributed by atoms with Crippen LogP contribution in [0.5, 0.6) is 0 Å². The number of amidine groups is 1. The fourth-order valence-electron chi connectivity index (χ4n) is 3.51. The number of fused-ring (bicyclic) bond motifs is 1. The van der Waals surface area contributed by atoms with Crippen LogP contribution in [0, 0.1) is 5.92 Å². The van der Waals surface area contributed by atoms with Crippen LogP contribution in [-0.2, 0) is 4.79 Å². The van der Waals surface area contributed by atoms with Gasteiger partial charge in [-0.15, -0.1) is 11.3 Å². The Balaban J connectivity index is 1.67. The second kappa shape index (κ2) is 6.14. The monoisotopic (exact) mass is 343 g/mol. The summed E-state index contributed by atoms with van der Waals surface area (Å²) < 4.78 is 0. The third-order valence-electron chi connectivity index (χ3n) is 4.90. The van der Waals surface area contributed by atoms with Gasteiger partial charge in [0.1, 0.15) is 11.7 Å². The van der Waals surface area contributed by atoms with E-state index in [1.54, 1.807) is 17.5 Å². The summed E-state index contributed by atoms with van der Waals surface area (Å²) in [7, 11) is 2.00. The first kappa shape index (κ1) is 15.5. The normalized spacial score (nSPS) is 26.9. The van der Waals surface area contributed by atoms with Crippen LogP contribution in [0.3, 0.4) is 0 Å². The fourth-order valence-corrected chi connectivity index (χ4v) is 4.13. The molecule has 0 aromatic carbocycles. The van der Waals surface area contributed by atoms with Gasteiger partial charge in [0.25, 0.3) is 0 Å². The van der Waals surface area contributed by atoms with E-state index in [1.807, 2.05) is 30.5 Å². The Labute approximate surface area is 145 Å². The third-order valence-corrected chi connectivity index (χ3v) is 5.67. The van der Waals surface area contributed by atoms with Crippen LogP contribution < -0.4 is 10.2 Å². The Morgan fingerprint density at radius 3 is 3.00 bits per heavy atom. The molecule has 0 spiro atoms. The van der Waals surface area contributed by atoms with Gasteiger partial charge in [-0.3, -0.25) is 9.69 Å². The standard InChI is InChI=1S/C17H21N5OS/c1-11-9-22(17-19-6-8-24-17)16-13(15(11)23)3-4-14(20-16)21-7-5-12(10-21)18-2/h4,6,8-9,12-13,18H,3,5,7,10H2,1-2H3/t12-,13?/m1/s1. The summed E-state index contributed by atoms with van der Waals surface area (Å²) in [6.45, 7) is 3.83. The number of likely N-dealkylation sites (N-methyl/N-ethyl adjacent to an activating group) is 1. The van der Waals surface area contributed by atoms with Gasteiger partial charge in [0.2, 0.25) is 0 Å². The van der Waals surface area contributed by atoms with Gasteiger partial charge in [-0.05, 0) is 32.9 Å². The molecular weight excluding hydrogens is 322 g/mol. The molecule has 3 aliphatic heterocycles. The number of anilines is 1. The second-order valence-electron chi connectivity index (χ2n) is 6.40. The summed E-state index contributed by atoms with van der Waals surface area (Å²) in [4.78, 5) is 26.1. The molecule has 4 rings (SSSR count). The predicted molar refractivity (Wildman–Crippen MR) is 96.0 cm³/mol. The minimum atomic E-state index is -0.189. The first-order chi connectivity index (χ1) is 11.7. The highest BCUT2D eigenvalue weighted by Crippen LogP contribution is 2.33. The number of Topliss-reactive ketones (excluding diaryl/α,β-unsaturated/α-hetero) is 1. The number of allylic oxidation sites excluding steroid dienone is 2. The minimum Gasteiger partial charge on any atom is -0.355 e. The van der Waals surface area contributed by atoms with Gasteiger partial charge in [-0.1, -0.05) is 0 Å². The summed E-state index contributed by atoms with van der Waals surface area (Å²) >= 11 is 1.56. The van der Waals surface area contributed by atoms with E-state index in [2.05, 4.69) is 21.3 Å². The Morgan fingerprint density at radius 2 is 2.29 bits per heavy atom. The van der Waals surface area contributed by atoms with Gasteiger partial charge in [0.15, 0.2) is 10.9 Å². The summed E-state index contributed by atoms with van der Waals surface area (Å²) in [6.07, 6.45) is 7.60. The van der Waals surface area contributed by atoms with Crippen molar-refractivity contribution >= 4 is 28.1 Å². The molecule has 0 aliphatic carbocycles. The quantitative estimate of drug-likeness (QED) is 0.909. The van der Waals surface area contributed by atoms with Crippen molar-refractivity contribution in [1.82, 2.24) is 15.2 Å². The number of ketones is 1. The number of thiazole rings is 1. The van der Waals surface area contributed by atoms with Gasteiger partial charge < -0.3 is 10.2 Å². The Kier molecular flexibility index (Phi) is 3.97. The van der Waals surface area contributed by atoms with E-state index in [9.17, 15) is 4.79 Å². The minimum absolute atomic E-state index is 0.173. The van der Waals surface area contributed by atoms with E-state index in [-0.39, 0.29) is 11.7 Å². The lowest BCUT2D eigenvalue weighted by atomic mass is 9.89. The number of aliphatic imine (C=N–C) groups is 1. The van der Waals surface area contributed by atoms with Crippen molar-refractivity contribution in [3.8, 4) is 0 Å². The maximum absolute atomic E-state index is 12.6. The summed E-state index contributed by atoms with van der Waals surface area (Å²) in [6, 6.07) is 0.508. The molecular formula is C17H21N5OS. The smallest absolute Gasteiger partial charge is 0.194 e. The van der Waals surface area contributed by atoms with Crippen molar-refractivity contribution in [2.75, 3.05) is 25.0 Å². The molecule has 126 valence electrons. The number of hydrogen-bond donors (Lipinski definition) is 1. The van der Waals surface area contributed by atoms with E-state index < -0.39 is 0 Å². The lowest BCUT2D eigenvalue weighted by Gasteiger charge is -2.34. The van der Waals surface area contributed by atoms with Crippen LogP contribution in [0.2, 0.25) is 0 Å². The molecule has 0 saturated carbocycles. The Bertz CT molecular complexity index is 736. The molecule has 1 aromatic rings. The molecule has 7 heteroatoms. The molecule has 0 amide bonds. The highest BCUT2D eigenvalue weighted by molar-refractivity contribution is 7.13. The second-order valence-corrected chi connectivity index (χ2v) is 7.27. The van der Waals surface area contributed by atoms with Crippen molar-refractivity contribution in [3.05, 3.63) is 35.2 Å². The van der Waals surface area contributed by atoms with Crippen LogP contribution >= 0.6 is 11.3 Å². The van der Waals surface area contributed by atoms with E-state index >= 15 is 0 Å². The number of hydrogen-bond acceptors (Lipinski definition) is 7. The largest absolute Gasteiger partial charge is 0.355 e. The van der Waals surface area contributed by atoms with Crippen LogP contribution in [0.15, 0.2) is 40.2 Å². The highest BCUT2D eigenvalue weighted by atomic mass is 32.1. The average molecular weight is 343 g/mol. The zero-order valence-corrected chi connectivity index (χ0v) is 14.7. The molecule has 4 heterocycles. The molecule has 0 radical (unpaired) electrons. The number of aromatic nitrogens is 1. The van der Waals surface area contributed by atoms with E-state index in [0.717, 1.165) is 41.9 Å². The van der Waals surface area contributed by atoms with Crippen molar-refractivity contribution in [2.24, 2.45) is 10.9 Å². The molecule has 1 fully saturated rings. The first-order valence-corrected chi connectivity index (χ1v) is 9.17. The van der Waals surface area contributed by atoms with E-state index in [0.29, 0.717) is 12.5 Å². The summed E-state index contributed by atoms with van der Waals surface area (Å²) in [5.41, 5.74) is 0.766. The molecule has 1 N–H and O–H groups in total. The number of nitrogens with one attached hydrogen (secondary N) is 1. The van der Waals surface area contributed by atoms with Crippen LogP contribution in [0.25, 0.3) is 0 Å². The molecule has 24 heavy (non-hydrogen) atoms. The van der Waals surface area contributed by atoms with Gasteiger partial charge in [-0.2, -0.15) is 0 Å². The molecule has 1 aromatic heterocycles. The number of likely N-dealkylation sites (tertiary alicyclic amines) is 1. The lowest BCUT2D eigenvalue weighted by molar-refractivity contribution is -0.117. The van der Waals surface area contributed by atoms with Gasteiger partial charge in [-0.25, -0.2) is 9.98 Å². The van der Waals surface area contributed by atoms with Gasteiger partial charge in [0.05, 0.1) is 5.92 Å². The number of carbonyl (C=O) groups excluding carboxylic acids is 1. The Hall–Kier alpha value is -1.99. The van der Waals surface area contributed by atoms with E-state index in [4.69, 9.17) is 4.99 Å². The van der Waals surface area contributed by atoms with Gasteiger partial charge in [0, 0.05) is 42.5 Å². The number of rotatable bonds is 3. The zero-order valence-electron chi connectivity index (χ0n) is 13.9. The molecule has 1 saturated heterocycles. The summed E-state index contributed by atoms with van der Waals surface area (Å²) in [5, 5.41) is 6.14. The van der Waals surface area contributed by atoms with Gasteiger partial charge >= 0.3 is 0 Å². The first-order valence-electron chi connectivity index (χ1n) is 8.29. The van der Waals surface area contributed by atoms with Crippen molar-refractivity contribution in [1.29, 1.82) is 0 Å². The average Bonchev–Trinajstić information content (AvgIpc) is 3.29. The molecule has 3 aliphatic rings. The Morgan fingerprint density at radius 1 is 1.42 bits per heavy atom. The summed E-state index contributed by atoms with van der Waals surface area (Å²) in [5.74, 6) is 1.78. The maximum atomic E-state index is 12.6.